The van der Waals surface area contributed by atoms with Gasteiger partial charge in [0.15, 0.2) is 18.1 Å². The van der Waals surface area contributed by atoms with Crippen LogP contribution in [0.3, 0.4) is 0 Å². The fourth-order valence-corrected chi connectivity index (χ4v) is 2.28. The highest BCUT2D eigenvalue weighted by molar-refractivity contribution is 6.36. The third kappa shape index (κ3) is 4.78. The van der Waals surface area contributed by atoms with Gasteiger partial charge in [0.1, 0.15) is 5.75 Å². The first-order valence-corrected chi connectivity index (χ1v) is 7.52. The molecular formula is C16H14Cl2N2O4. The van der Waals surface area contributed by atoms with Crippen LogP contribution in [0, 0.1) is 0 Å². The molecule has 126 valence electrons. The Balaban J connectivity index is 1.92. The van der Waals surface area contributed by atoms with Crippen LogP contribution < -0.4 is 14.9 Å². The number of rotatable bonds is 6. The SMILES string of the molecule is COc1ccccc1OCC(=O)NN=Cc1cc(Cl)cc(Cl)c1O. The first-order valence-electron chi connectivity index (χ1n) is 6.77. The molecule has 2 rings (SSSR count). The second-order valence-corrected chi connectivity index (χ2v) is 5.40. The van der Waals surface area contributed by atoms with E-state index in [9.17, 15) is 9.90 Å². The summed E-state index contributed by atoms with van der Waals surface area (Å²) in [6.07, 6.45) is 1.23. The summed E-state index contributed by atoms with van der Waals surface area (Å²) in [5.74, 6) is 0.305. The summed E-state index contributed by atoms with van der Waals surface area (Å²) in [4.78, 5) is 11.7. The van der Waals surface area contributed by atoms with Crippen molar-refractivity contribution in [2.24, 2.45) is 5.10 Å². The molecule has 0 aliphatic heterocycles. The number of carbonyl (C=O) groups excluding carboxylic acids is 1. The van der Waals surface area contributed by atoms with Crippen molar-refractivity contribution in [3.8, 4) is 17.2 Å². The van der Waals surface area contributed by atoms with Gasteiger partial charge in [-0.1, -0.05) is 35.3 Å². The number of phenols is 1. The number of hydrogen-bond acceptors (Lipinski definition) is 5. The highest BCUT2D eigenvalue weighted by Crippen LogP contribution is 2.30. The van der Waals surface area contributed by atoms with E-state index in [0.717, 1.165) is 0 Å². The number of para-hydroxylation sites is 2. The minimum absolute atomic E-state index is 0.0924. The molecule has 8 heteroatoms. The van der Waals surface area contributed by atoms with Gasteiger partial charge >= 0.3 is 0 Å². The zero-order valence-corrected chi connectivity index (χ0v) is 14.1. The zero-order chi connectivity index (χ0) is 17.5. The number of aromatic hydroxyl groups is 1. The number of nitrogens with one attached hydrogen (secondary N) is 1. The van der Waals surface area contributed by atoms with Crippen molar-refractivity contribution in [2.75, 3.05) is 13.7 Å². The Morgan fingerprint density at radius 1 is 1.29 bits per heavy atom. The van der Waals surface area contributed by atoms with Gasteiger partial charge in [-0.15, -0.1) is 0 Å². The molecule has 2 N–H and O–H groups in total. The van der Waals surface area contributed by atoms with Crippen molar-refractivity contribution >= 4 is 35.3 Å². The molecule has 0 aromatic heterocycles. The second kappa shape index (κ2) is 8.42. The molecule has 0 radical (unpaired) electrons. The van der Waals surface area contributed by atoms with Crippen LogP contribution in [0.15, 0.2) is 41.5 Å². The third-order valence-electron chi connectivity index (χ3n) is 2.88. The lowest BCUT2D eigenvalue weighted by atomic mass is 10.2. The number of hydrogen-bond donors (Lipinski definition) is 2. The maximum absolute atomic E-state index is 11.7. The summed E-state index contributed by atoms with van der Waals surface area (Å²) in [7, 11) is 1.51. The van der Waals surface area contributed by atoms with E-state index in [0.29, 0.717) is 16.5 Å². The lowest BCUT2D eigenvalue weighted by molar-refractivity contribution is -0.123. The van der Waals surface area contributed by atoms with E-state index >= 15 is 0 Å². The lowest BCUT2D eigenvalue weighted by Gasteiger charge is -2.09. The Morgan fingerprint density at radius 2 is 2.00 bits per heavy atom. The largest absolute Gasteiger partial charge is 0.506 e. The number of hydrazone groups is 1. The average molecular weight is 369 g/mol. The minimum atomic E-state index is -0.482. The van der Waals surface area contributed by atoms with Crippen molar-refractivity contribution in [2.45, 2.75) is 0 Å². The average Bonchev–Trinajstić information content (AvgIpc) is 2.57. The van der Waals surface area contributed by atoms with E-state index in [1.807, 2.05) is 0 Å². The molecule has 0 saturated heterocycles. The minimum Gasteiger partial charge on any atom is -0.506 e. The predicted octanol–water partition coefficient (Wildman–Crippen LogP) is 3.24. The normalized spacial score (nSPS) is 10.6. The van der Waals surface area contributed by atoms with Crippen LogP contribution in [0.2, 0.25) is 10.0 Å². The summed E-state index contributed by atoms with van der Waals surface area (Å²) in [5, 5.41) is 13.9. The topological polar surface area (TPSA) is 80.2 Å². The Kier molecular flexibility index (Phi) is 6.28. The molecule has 1 amide bonds. The van der Waals surface area contributed by atoms with Crippen LogP contribution >= 0.6 is 23.2 Å². The predicted molar refractivity (Wildman–Crippen MR) is 92.4 cm³/mol. The van der Waals surface area contributed by atoms with E-state index < -0.39 is 5.91 Å². The Hall–Kier alpha value is -2.44. The van der Waals surface area contributed by atoms with Gasteiger partial charge in [-0.05, 0) is 24.3 Å². The molecule has 0 bridgehead atoms. The Morgan fingerprint density at radius 3 is 2.71 bits per heavy atom. The van der Waals surface area contributed by atoms with Gasteiger partial charge in [0, 0.05) is 10.6 Å². The van der Waals surface area contributed by atoms with Crippen molar-refractivity contribution < 1.29 is 19.4 Å². The quantitative estimate of drug-likeness (QED) is 0.605. The van der Waals surface area contributed by atoms with Gasteiger partial charge in [0.25, 0.3) is 5.91 Å². The molecule has 0 heterocycles. The van der Waals surface area contributed by atoms with Crippen LogP contribution in [-0.2, 0) is 4.79 Å². The molecule has 0 aliphatic rings. The summed E-state index contributed by atoms with van der Waals surface area (Å²) in [6.45, 7) is -0.250. The van der Waals surface area contributed by atoms with Crippen LogP contribution in [0.1, 0.15) is 5.56 Å². The monoisotopic (exact) mass is 368 g/mol. The third-order valence-corrected chi connectivity index (χ3v) is 3.38. The van der Waals surface area contributed by atoms with Gasteiger partial charge in [-0.2, -0.15) is 5.10 Å². The standard InChI is InChI=1S/C16H14Cl2N2O4/c1-23-13-4-2-3-5-14(13)24-9-15(21)20-19-8-10-6-11(17)7-12(18)16(10)22/h2-8,22H,9H2,1H3,(H,20,21). The first-order chi connectivity index (χ1) is 11.5. The van der Waals surface area contributed by atoms with Gasteiger partial charge in [0.05, 0.1) is 18.3 Å². The van der Waals surface area contributed by atoms with Crippen molar-refractivity contribution in [3.63, 3.8) is 0 Å². The molecule has 0 unspecified atom stereocenters. The first kappa shape index (κ1) is 17.9. The molecule has 24 heavy (non-hydrogen) atoms. The highest BCUT2D eigenvalue weighted by atomic mass is 35.5. The van der Waals surface area contributed by atoms with E-state index in [1.165, 1.54) is 25.5 Å². The van der Waals surface area contributed by atoms with Crippen molar-refractivity contribution in [1.29, 1.82) is 0 Å². The summed E-state index contributed by atoms with van der Waals surface area (Å²) < 4.78 is 10.5. The van der Waals surface area contributed by atoms with Crippen molar-refractivity contribution in [1.82, 2.24) is 5.43 Å². The summed E-state index contributed by atoms with van der Waals surface area (Å²) in [5.41, 5.74) is 2.55. The number of carbonyl (C=O) groups is 1. The molecule has 0 fully saturated rings. The van der Waals surface area contributed by atoms with E-state index in [-0.39, 0.29) is 22.9 Å². The molecule has 0 aliphatic carbocycles. The number of methoxy groups -OCH3 is 1. The Bertz CT molecular complexity index is 766. The number of amides is 1. The maximum Gasteiger partial charge on any atom is 0.277 e. The lowest BCUT2D eigenvalue weighted by Crippen LogP contribution is -2.24. The van der Waals surface area contributed by atoms with Crippen LogP contribution in [0.4, 0.5) is 0 Å². The van der Waals surface area contributed by atoms with Crippen LogP contribution in [0.5, 0.6) is 17.2 Å². The van der Waals surface area contributed by atoms with Gasteiger partial charge < -0.3 is 14.6 Å². The van der Waals surface area contributed by atoms with E-state index in [2.05, 4.69) is 10.5 Å². The summed E-state index contributed by atoms with van der Waals surface area (Å²) >= 11 is 11.6. The molecule has 0 atom stereocenters. The second-order valence-electron chi connectivity index (χ2n) is 4.56. The van der Waals surface area contributed by atoms with Gasteiger partial charge in [-0.25, -0.2) is 5.43 Å². The van der Waals surface area contributed by atoms with Crippen molar-refractivity contribution in [3.05, 3.63) is 52.0 Å². The van der Waals surface area contributed by atoms with Crippen LogP contribution in [-0.4, -0.2) is 30.9 Å². The zero-order valence-electron chi connectivity index (χ0n) is 12.6. The summed E-state index contributed by atoms with van der Waals surface area (Å²) in [6, 6.07) is 9.82. The van der Waals surface area contributed by atoms with Crippen LogP contribution in [0.25, 0.3) is 0 Å². The molecular weight excluding hydrogens is 355 g/mol. The Labute approximate surface area is 148 Å². The highest BCUT2D eigenvalue weighted by Gasteiger charge is 2.08. The number of benzene rings is 2. The molecule has 6 nitrogen and oxygen atoms in total. The van der Waals surface area contributed by atoms with Gasteiger partial charge in [-0.3, -0.25) is 4.79 Å². The number of halogens is 2. The number of phenolic OH excluding ortho intramolecular Hbond substituents is 1. The fraction of sp³-hybridized carbons (Fsp3) is 0.125. The smallest absolute Gasteiger partial charge is 0.277 e. The maximum atomic E-state index is 11.7. The molecule has 2 aromatic carbocycles. The molecule has 2 aromatic rings. The molecule has 0 spiro atoms. The molecule has 0 saturated carbocycles. The van der Waals surface area contributed by atoms with Gasteiger partial charge in [0.2, 0.25) is 0 Å². The van der Waals surface area contributed by atoms with E-state index in [4.69, 9.17) is 32.7 Å². The number of nitrogens with zero attached hydrogens (tertiary/aromatic N) is 1. The fourth-order valence-electron chi connectivity index (χ4n) is 1.77. The van der Waals surface area contributed by atoms with E-state index in [1.54, 1.807) is 24.3 Å². The number of ether oxygens (including phenoxy) is 2.